The van der Waals surface area contributed by atoms with Crippen molar-refractivity contribution in [2.75, 3.05) is 0 Å². The first-order valence-corrected chi connectivity index (χ1v) is 13.3. The molecule has 4 fully saturated rings. The van der Waals surface area contributed by atoms with Gasteiger partial charge in [0.05, 0.1) is 12.2 Å². The highest BCUT2D eigenvalue weighted by atomic mass is 16.3. The summed E-state index contributed by atoms with van der Waals surface area (Å²) in [6.45, 7) is 17.2. The van der Waals surface area contributed by atoms with Crippen molar-refractivity contribution < 1.29 is 10.2 Å². The number of aliphatic hydroxyl groups excluding tert-OH is 2. The smallest absolute Gasteiger partial charge is 0.0594 e. The lowest BCUT2D eigenvalue weighted by atomic mass is 9.34. The summed E-state index contributed by atoms with van der Waals surface area (Å²) in [6.07, 6.45) is 12.8. The van der Waals surface area contributed by atoms with E-state index < -0.39 is 0 Å². The second kappa shape index (κ2) is 6.62. The van der Waals surface area contributed by atoms with Gasteiger partial charge in [0.15, 0.2) is 0 Å². The Morgan fingerprint density at radius 2 is 1.52 bits per heavy atom. The van der Waals surface area contributed by atoms with Crippen molar-refractivity contribution >= 4 is 0 Å². The lowest BCUT2D eigenvalue weighted by Gasteiger charge is -2.70. The molecule has 4 saturated carbocycles. The third kappa shape index (κ3) is 2.82. The van der Waals surface area contributed by atoms with E-state index in [9.17, 15) is 10.2 Å². The van der Waals surface area contributed by atoms with Crippen LogP contribution in [0.5, 0.6) is 0 Å². The fourth-order valence-electron chi connectivity index (χ4n) is 10.4. The van der Waals surface area contributed by atoms with E-state index in [2.05, 4.69) is 54.5 Å². The Balaban J connectivity index is 1.58. The van der Waals surface area contributed by atoms with Crippen molar-refractivity contribution in [3.05, 3.63) is 11.6 Å². The monoisotopic (exact) mass is 428 g/mol. The highest BCUT2D eigenvalue weighted by molar-refractivity contribution is 5.33. The van der Waals surface area contributed by atoms with E-state index in [1.165, 1.54) is 38.5 Å². The molecule has 0 aromatic rings. The van der Waals surface area contributed by atoms with Gasteiger partial charge >= 0.3 is 0 Å². The van der Waals surface area contributed by atoms with Gasteiger partial charge in [0.1, 0.15) is 0 Å². The van der Waals surface area contributed by atoms with Crippen molar-refractivity contribution in [1.82, 2.24) is 0 Å². The largest absolute Gasteiger partial charge is 0.393 e. The minimum atomic E-state index is -0.165. The molecule has 0 aromatic heterocycles. The molecular weight excluding hydrogens is 380 g/mol. The summed E-state index contributed by atoms with van der Waals surface area (Å²) < 4.78 is 0. The summed E-state index contributed by atoms with van der Waals surface area (Å²) in [5.41, 5.74) is 2.77. The number of rotatable bonds is 0. The van der Waals surface area contributed by atoms with E-state index in [1.807, 2.05) is 0 Å². The first kappa shape index (κ1) is 22.5. The first-order valence-electron chi connectivity index (χ1n) is 13.3. The predicted molar refractivity (Wildman–Crippen MR) is 127 cm³/mol. The molecule has 0 aliphatic heterocycles. The lowest BCUT2D eigenvalue weighted by Crippen LogP contribution is -2.65. The van der Waals surface area contributed by atoms with Gasteiger partial charge in [0, 0.05) is 0 Å². The molecule has 2 N–H and O–H groups in total. The van der Waals surface area contributed by atoms with Crippen LogP contribution >= 0.6 is 0 Å². The van der Waals surface area contributed by atoms with Crippen LogP contribution in [0.1, 0.15) is 106 Å². The number of hydrogen-bond acceptors (Lipinski definition) is 2. The van der Waals surface area contributed by atoms with Crippen LogP contribution in [0.4, 0.5) is 0 Å². The van der Waals surface area contributed by atoms with Gasteiger partial charge in [0.25, 0.3) is 0 Å². The maximum absolute atomic E-state index is 11.4. The average molecular weight is 429 g/mol. The molecule has 176 valence electrons. The first-order chi connectivity index (χ1) is 14.3. The topological polar surface area (TPSA) is 40.5 Å². The molecule has 5 aliphatic rings. The van der Waals surface area contributed by atoms with Gasteiger partial charge in [-0.3, -0.25) is 0 Å². The zero-order valence-corrected chi connectivity index (χ0v) is 21.3. The molecule has 9 atom stereocenters. The van der Waals surface area contributed by atoms with E-state index in [0.29, 0.717) is 29.1 Å². The van der Waals surface area contributed by atoms with Gasteiger partial charge in [-0.1, -0.05) is 60.1 Å². The molecule has 0 radical (unpaired) electrons. The van der Waals surface area contributed by atoms with E-state index in [1.54, 1.807) is 5.57 Å². The Morgan fingerprint density at radius 3 is 2.23 bits per heavy atom. The highest BCUT2D eigenvalue weighted by Gasteiger charge is 2.67. The van der Waals surface area contributed by atoms with Gasteiger partial charge in [-0.05, 0) is 109 Å². The quantitative estimate of drug-likeness (QED) is 0.419. The van der Waals surface area contributed by atoms with Crippen LogP contribution < -0.4 is 0 Å². The number of aliphatic hydroxyl groups is 2. The highest BCUT2D eigenvalue weighted by Crippen LogP contribution is 2.74. The fraction of sp³-hybridized carbons (Fsp3) is 0.931. The van der Waals surface area contributed by atoms with Crippen LogP contribution in [0, 0.1) is 50.7 Å². The SMILES string of the molecule is CC1(C)CC[C@H]2[C@H](O)C[C@]3(C)C(=CC[C@@H]4[C@@]5(C)CC[C@H](O)C(C)(C)[C@@H]5CC[C@]43C)[C@@H]2C1. The van der Waals surface area contributed by atoms with Crippen LogP contribution in [0.15, 0.2) is 11.6 Å². The Bertz CT molecular complexity index is 780. The molecule has 0 saturated heterocycles. The number of hydrogen-bond donors (Lipinski definition) is 2. The lowest BCUT2D eigenvalue weighted by molar-refractivity contribution is -0.206. The van der Waals surface area contributed by atoms with Crippen molar-refractivity contribution in [3.63, 3.8) is 0 Å². The molecular formula is C29H48O2. The minimum absolute atomic E-state index is 0.00376. The van der Waals surface area contributed by atoms with E-state index in [0.717, 1.165) is 19.3 Å². The molecule has 0 amide bonds. The van der Waals surface area contributed by atoms with E-state index in [-0.39, 0.29) is 33.9 Å². The molecule has 5 rings (SSSR count). The fourth-order valence-corrected chi connectivity index (χ4v) is 10.4. The summed E-state index contributed by atoms with van der Waals surface area (Å²) in [6, 6.07) is 0. The maximum atomic E-state index is 11.4. The summed E-state index contributed by atoms with van der Waals surface area (Å²) in [4.78, 5) is 0. The Hall–Kier alpha value is -0.340. The van der Waals surface area contributed by atoms with Crippen LogP contribution in [0.25, 0.3) is 0 Å². The normalized spacial score (nSPS) is 55.2. The summed E-state index contributed by atoms with van der Waals surface area (Å²) >= 11 is 0. The number of fused-ring (bicyclic) bond motifs is 7. The minimum Gasteiger partial charge on any atom is -0.393 e. The maximum Gasteiger partial charge on any atom is 0.0594 e. The van der Waals surface area contributed by atoms with Crippen LogP contribution in [-0.4, -0.2) is 22.4 Å². The van der Waals surface area contributed by atoms with Crippen molar-refractivity contribution in [1.29, 1.82) is 0 Å². The van der Waals surface area contributed by atoms with Gasteiger partial charge in [0.2, 0.25) is 0 Å². The van der Waals surface area contributed by atoms with Gasteiger partial charge in [-0.2, -0.15) is 0 Å². The Labute approximate surface area is 191 Å². The van der Waals surface area contributed by atoms with Crippen LogP contribution in [0.3, 0.4) is 0 Å². The van der Waals surface area contributed by atoms with E-state index >= 15 is 0 Å². The molecule has 0 unspecified atom stereocenters. The van der Waals surface area contributed by atoms with E-state index in [4.69, 9.17) is 0 Å². The molecule has 0 bridgehead atoms. The summed E-state index contributed by atoms with van der Waals surface area (Å²) in [5, 5.41) is 22.3. The zero-order chi connectivity index (χ0) is 22.6. The second-order valence-electron chi connectivity index (χ2n) is 14.6. The second-order valence-corrected chi connectivity index (χ2v) is 14.6. The standard InChI is InChI=1S/C29H48O2/c1-25(2)13-10-18-19(16-25)20-8-9-23-27(5)14-12-24(31)26(3,4)22(27)11-15-28(23,6)29(20,7)17-21(18)30/h8,18-19,21-24,30-31H,9-17H2,1-7H3/t18-,19-,21-,22+,23-,24+,27+,28-,29-/m1/s1. The van der Waals surface area contributed by atoms with Gasteiger partial charge in [-0.15, -0.1) is 0 Å². The average Bonchev–Trinajstić information content (AvgIpc) is 2.65. The van der Waals surface area contributed by atoms with Crippen LogP contribution in [-0.2, 0) is 0 Å². The van der Waals surface area contributed by atoms with Crippen LogP contribution in [0.2, 0.25) is 0 Å². The van der Waals surface area contributed by atoms with Crippen molar-refractivity contribution in [2.24, 2.45) is 50.7 Å². The van der Waals surface area contributed by atoms with Gasteiger partial charge < -0.3 is 10.2 Å². The van der Waals surface area contributed by atoms with Crippen molar-refractivity contribution in [2.45, 2.75) is 118 Å². The number of allylic oxidation sites excluding steroid dienone is 2. The molecule has 5 aliphatic carbocycles. The molecule has 31 heavy (non-hydrogen) atoms. The molecule has 0 spiro atoms. The molecule has 2 heteroatoms. The molecule has 0 aromatic carbocycles. The third-order valence-electron chi connectivity index (χ3n) is 12.5. The molecule has 2 nitrogen and oxygen atoms in total. The molecule has 0 heterocycles. The predicted octanol–water partition coefficient (Wildman–Crippen LogP) is 6.75. The summed E-state index contributed by atoms with van der Waals surface area (Å²) in [7, 11) is 0. The summed E-state index contributed by atoms with van der Waals surface area (Å²) in [5.74, 6) is 2.29. The Kier molecular flexibility index (Phi) is 4.80. The zero-order valence-electron chi connectivity index (χ0n) is 21.3. The third-order valence-corrected chi connectivity index (χ3v) is 12.5. The Morgan fingerprint density at radius 1 is 0.806 bits per heavy atom. The van der Waals surface area contributed by atoms with Crippen molar-refractivity contribution in [3.8, 4) is 0 Å². The van der Waals surface area contributed by atoms with Gasteiger partial charge in [-0.25, -0.2) is 0 Å².